The van der Waals surface area contributed by atoms with Crippen LogP contribution in [-0.4, -0.2) is 72.8 Å². The second-order valence-electron chi connectivity index (χ2n) is 10.0. The Morgan fingerprint density at radius 1 is 0.821 bits per heavy atom. The number of ether oxygens (including phenoxy) is 2. The van der Waals surface area contributed by atoms with Crippen molar-refractivity contribution in [2.24, 2.45) is 0 Å². The van der Waals surface area contributed by atoms with Crippen molar-refractivity contribution in [2.45, 2.75) is 33.2 Å². The zero-order valence-electron chi connectivity index (χ0n) is 23.7. The number of imidazole rings is 1. The highest BCUT2D eigenvalue weighted by atomic mass is 35.5. The molecule has 0 spiro atoms. The Bertz CT molecular complexity index is 1300. The molecule has 4 aromatic rings. The number of aryl methyl sites for hydroxylation is 1. The number of aromatic nitrogens is 2. The Kier molecular flexibility index (Phi) is 10.7. The van der Waals surface area contributed by atoms with Crippen molar-refractivity contribution in [2.75, 3.05) is 53.5 Å². The van der Waals surface area contributed by atoms with E-state index >= 15 is 0 Å². The number of benzene rings is 3. The van der Waals surface area contributed by atoms with E-state index in [0.717, 1.165) is 84.5 Å². The van der Waals surface area contributed by atoms with Gasteiger partial charge in [-0.2, -0.15) is 0 Å². The molecule has 0 atom stereocenters. The van der Waals surface area contributed by atoms with Crippen LogP contribution in [0.15, 0.2) is 66.7 Å². The molecule has 1 heterocycles. The smallest absolute Gasteiger partial charge is 0.141 e. The molecule has 0 aliphatic rings. The predicted molar refractivity (Wildman–Crippen MR) is 162 cm³/mol. The SMILES string of the molecule is CCN(CC)CCOc1ccc2nc(-c3ccc(OCCc4ccc(Cl)cc4)cc3)n(CCCN(C)C)c2c1. The molecule has 208 valence electrons. The first-order valence-electron chi connectivity index (χ1n) is 13.9. The van der Waals surface area contributed by atoms with Crippen molar-refractivity contribution in [3.63, 3.8) is 0 Å². The van der Waals surface area contributed by atoms with Crippen LogP contribution in [0, 0.1) is 0 Å². The summed E-state index contributed by atoms with van der Waals surface area (Å²) in [5.74, 6) is 2.71. The summed E-state index contributed by atoms with van der Waals surface area (Å²) in [7, 11) is 4.22. The Labute approximate surface area is 238 Å². The van der Waals surface area contributed by atoms with E-state index in [9.17, 15) is 0 Å². The van der Waals surface area contributed by atoms with Gasteiger partial charge in [0.05, 0.1) is 17.6 Å². The number of fused-ring (bicyclic) bond motifs is 1. The van der Waals surface area contributed by atoms with E-state index in [1.54, 1.807) is 0 Å². The van der Waals surface area contributed by atoms with Gasteiger partial charge in [-0.1, -0.05) is 37.6 Å². The van der Waals surface area contributed by atoms with E-state index in [2.05, 4.69) is 66.6 Å². The molecule has 4 rings (SSSR count). The predicted octanol–water partition coefficient (Wildman–Crippen LogP) is 6.65. The van der Waals surface area contributed by atoms with Crippen molar-refractivity contribution < 1.29 is 9.47 Å². The van der Waals surface area contributed by atoms with Crippen LogP contribution < -0.4 is 9.47 Å². The van der Waals surface area contributed by atoms with Gasteiger partial charge in [-0.15, -0.1) is 0 Å². The molecule has 0 radical (unpaired) electrons. The molecule has 39 heavy (non-hydrogen) atoms. The lowest BCUT2D eigenvalue weighted by Crippen LogP contribution is -2.27. The van der Waals surface area contributed by atoms with Crippen LogP contribution in [0.25, 0.3) is 22.4 Å². The van der Waals surface area contributed by atoms with E-state index in [1.165, 1.54) is 5.56 Å². The summed E-state index contributed by atoms with van der Waals surface area (Å²) in [6.07, 6.45) is 1.87. The lowest BCUT2D eigenvalue weighted by Gasteiger charge is -2.18. The first-order chi connectivity index (χ1) is 19.0. The number of hydrogen-bond acceptors (Lipinski definition) is 5. The van der Waals surface area contributed by atoms with E-state index in [4.69, 9.17) is 26.1 Å². The molecule has 3 aromatic carbocycles. The fourth-order valence-electron chi connectivity index (χ4n) is 4.65. The average molecular weight is 549 g/mol. The van der Waals surface area contributed by atoms with Gasteiger partial charge in [-0.3, -0.25) is 0 Å². The van der Waals surface area contributed by atoms with Crippen LogP contribution in [0.2, 0.25) is 5.02 Å². The molecular formula is C32H41ClN4O2. The third kappa shape index (κ3) is 8.21. The summed E-state index contributed by atoms with van der Waals surface area (Å²) in [6, 6.07) is 22.4. The standard InChI is InChI=1S/C32H41ClN4O2/c1-5-36(6-2)21-23-39-29-16-17-30-31(24-29)37(20-7-19-35(3)4)32(34-30)26-10-14-28(15-11-26)38-22-18-25-8-12-27(33)13-9-25/h8-17,24H,5-7,18-23H2,1-4H3. The summed E-state index contributed by atoms with van der Waals surface area (Å²) in [4.78, 5) is 9.62. The summed E-state index contributed by atoms with van der Waals surface area (Å²) in [6.45, 7) is 10.5. The molecule has 0 fully saturated rings. The molecule has 6 nitrogen and oxygen atoms in total. The fourth-order valence-corrected chi connectivity index (χ4v) is 4.78. The maximum absolute atomic E-state index is 6.14. The Morgan fingerprint density at radius 3 is 2.21 bits per heavy atom. The minimum atomic E-state index is 0.612. The van der Waals surface area contributed by atoms with Crippen LogP contribution in [0.1, 0.15) is 25.8 Å². The highest BCUT2D eigenvalue weighted by Crippen LogP contribution is 2.29. The van der Waals surface area contributed by atoms with E-state index in [-0.39, 0.29) is 0 Å². The molecule has 1 aromatic heterocycles. The number of likely N-dealkylation sites (N-methyl/N-ethyl adjacent to an activating group) is 1. The average Bonchev–Trinajstić information content (AvgIpc) is 3.30. The van der Waals surface area contributed by atoms with Gasteiger partial charge in [-0.05, 0) is 94.2 Å². The molecule has 0 aliphatic carbocycles. The maximum atomic E-state index is 6.14. The quantitative estimate of drug-likeness (QED) is 0.166. The topological polar surface area (TPSA) is 42.8 Å². The Morgan fingerprint density at radius 2 is 1.51 bits per heavy atom. The third-order valence-electron chi connectivity index (χ3n) is 6.96. The van der Waals surface area contributed by atoms with Crippen molar-refractivity contribution >= 4 is 22.6 Å². The van der Waals surface area contributed by atoms with Gasteiger partial charge in [0.25, 0.3) is 0 Å². The first-order valence-corrected chi connectivity index (χ1v) is 14.3. The highest BCUT2D eigenvalue weighted by Gasteiger charge is 2.14. The van der Waals surface area contributed by atoms with Crippen LogP contribution in [0.5, 0.6) is 11.5 Å². The van der Waals surface area contributed by atoms with Crippen LogP contribution >= 0.6 is 11.6 Å². The molecule has 0 unspecified atom stereocenters. The molecule has 7 heteroatoms. The minimum absolute atomic E-state index is 0.612. The summed E-state index contributed by atoms with van der Waals surface area (Å²) >= 11 is 5.99. The summed E-state index contributed by atoms with van der Waals surface area (Å²) in [5, 5.41) is 0.752. The number of rotatable bonds is 15. The van der Waals surface area contributed by atoms with Crippen LogP contribution in [0.4, 0.5) is 0 Å². The Balaban J connectivity index is 1.49. The molecule has 0 amide bonds. The van der Waals surface area contributed by atoms with E-state index in [1.807, 2.05) is 42.5 Å². The number of hydrogen-bond donors (Lipinski definition) is 0. The van der Waals surface area contributed by atoms with Gasteiger partial charge < -0.3 is 23.8 Å². The highest BCUT2D eigenvalue weighted by molar-refractivity contribution is 6.30. The molecule has 0 aliphatic heterocycles. The molecule has 0 saturated heterocycles. The van der Waals surface area contributed by atoms with Gasteiger partial charge in [0.2, 0.25) is 0 Å². The lowest BCUT2D eigenvalue weighted by atomic mass is 10.1. The second kappa shape index (κ2) is 14.4. The third-order valence-corrected chi connectivity index (χ3v) is 7.21. The Hall–Kier alpha value is -3.06. The second-order valence-corrected chi connectivity index (χ2v) is 10.5. The maximum Gasteiger partial charge on any atom is 0.141 e. The largest absolute Gasteiger partial charge is 0.493 e. The fraction of sp³-hybridized carbons (Fsp3) is 0.406. The molecular weight excluding hydrogens is 508 g/mol. The zero-order chi connectivity index (χ0) is 27.6. The van der Waals surface area contributed by atoms with Crippen molar-refractivity contribution in [1.29, 1.82) is 0 Å². The summed E-state index contributed by atoms with van der Waals surface area (Å²) in [5.41, 5.74) is 4.37. The van der Waals surface area contributed by atoms with Gasteiger partial charge >= 0.3 is 0 Å². The van der Waals surface area contributed by atoms with Crippen molar-refractivity contribution in [1.82, 2.24) is 19.4 Å². The van der Waals surface area contributed by atoms with Crippen LogP contribution in [-0.2, 0) is 13.0 Å². The normalized spacial score (nSPS) is 11.6. The molecule has 0 saturated carbocycles. The van der Waals surface area contributed by atoms with E-state index < -0.39 is 0 Å². The van der Waals surface area contributed by atoms with Crippen LogP contribution in [0.3, 0.4) is 0 Å². The number of halogens is 1. The monoisotopic (exact) mass is 548 g/mol. The van der Waals surface area contributed by atoms with E-state index in [0.29, 0.717) is 13.2 Å². The van der Waals surface area contributed by atoms with Crippen molar-refractivity contribution in [3.8, 4) is 22.9 Å². The molecule has 0 N–H and O–H groups in total. The van der Waals surface area contributed by atoms with Gasteiger partial charge in [-0.25, -0.2) is 4.98 Å². The van der Waals surface area contributed by atoms with Gasteiger partial charge in [0.1, 0.15) is 23.9 Å². The van der Waals surface area contributed by atoms with Gasteiger partial charge in [0.15, 0.2) is 0 Å². The summed E-state index contributed by atoms with van der Waals surface area (Å²) < 4.78 is 14.5. The molecule has 0 bridgehead atoms. The van der Waals surface area contributed by atoms with Gasteiger partial charge in [0, 0.05) is 36.2 Å². The zero-order valence-corrected chi connectivity index (χ0v) is 24.5. The number of nitrogens with zero attached hydrogens (tertiary/aromatic N) is 4. The first kappa shape index (κ1) is 28.9. The van der Waals surface area contributed by atoms with Crippen molar-refractivity contribution in [3.05, 3.63) is 77.3 Å². The lowest BCUT2D eigenvalue weighted by molar-refractivity contribution is 0.223. The minimum Gasteiger partial charge on any atom is -0.493 e.